The number of thiol groups is 1. The summed E-state index contributed by atoms with van der Waals surface area (Å²) in [6.45, 7) is 6.10. The molecule has 1 atom stereocenters. The van der Waals surface area contributed by atoms with Gasteiger partial charge in [0.25, 0.3) is 5.91 Å². The van der Waals surface area contributed by atoms with E-state index < -0.39 is 11.3 Å². The number of amides is 1. The Labute approximate surface area is 123 Å². The Morgan fingerprint density at radius 2 is 2.15 bits per heavy atom. The topological polar surface area (TPSA) is 79.0 Å². The first kappa shape index (κ1) is 15.0. The largest absolute Gasteiger partial charge is 0.326 e. The monoisotopic (exact) mass is 296 g/mol. The number of aromatic nitrogens is 3. The van der Waals surface area contributed by atoms with Crippen LogP contribution in [0.5, 0.6) is 0 Å². The molecule has 6 nitrogen and oxygen atoms in total. The number of likely N-dealkylation sites (tertiary alicyclic amines) is 1. The molecule has 0 saturated carbocycles. The molecule has 1 N–H and O–H groups in total. The highest BCUT2D eigenvalue weighted by Gasteiger charge is 2.40. The maximum absolute atomic E-state index is 12.4. The number of ketones is 1. The zero-order valence-corrected chi connectivity index (χ0v) is 12.9. The minimum atomic E-state index is -0.625. The van der Waals surface area contributed by atoms with Crippen molar-refractivity contribution in [2.75, 3.05) is 6.54 Å². The van der Waals surface area contributed by atoms with E-state index in [9.17, 15) is 9.59 Å². The van der Waals surface area contributed by atoms with E-state index in [0.717, 1.165) is 12.8 Å². The summed E-state index contributed by atoms with van der Waals surface area (Å²) in [4.78, 5) is 29.3. The van der Waals surface area contributed by atoms with Gasteiger partial charge in [-0.05, 0) is 19.3 Å². The summed E-state index contributed by atoms with van der Waals surface area (Å²) in [5.74, 6) is -0.156. The third kappa shape index (κ3) is 2.72. The van der Waals surface area contributed by atoms with Crippen molar-refractivity contribution in [3.8, 4) is 0 Å². The molecule has 1 aliphatic heterocycles. The predicted octanol–water partition coefficient (Wildman–Crippen LogP) is 1.76. The van der Waals surface area contributed by atoms with Crippen LogP contribution in [0.4, 0.5) is 0 Å². The molecule has 1 aliphatic rings. The van der Waals surface area contributed by atoms with Crippen molar-refractivity contribution >= 4 is 24.3 Å². The van der Waals surface area contributed by atoms with Crippen LogP contribution in [0, 0.1) is 5.41 Å². The minimum Gasteiger partial charge on any atom is -0.326 e. The standard InChI is InChI=1S/C13H20N4O2S/c1-4-13(2,3)9(18)11(19)17-7-5-6-8(17)10-14-12(20)16-15-10/h8H,4-7H2,1-3H3,(H2,14,15,16,20). The molecule has 1 aromatic heterocycles. The van der Waals surface area contributed by atoms with E-state index >= 15 is 0 Å². The highest BCUT2D eigenvalue weighted by atomic mass is 32.1. The highest BCUT2D eigenvalue weighted by molar-refractivity contribution is 7.80. The number of hydrogen-bond acceptors (Lipinski definition) is 5. The van der Waals surface area contributed by atoms with Crippen molar-refractivity contribution in [2.45, 2.75) is 51.2 Å². The van der Waals surface area contributed by atoms with Crippen LogP contribution >= 0.6 is 12.6 Å². The molecule has 1 amide bonds. The number of hydrogen-bond donors (Lipinski definition) is 2. The second-order valence-corrected chi connectivity index (χ2v) is 6.18. The number of aromatic amines is 1. The SMILES string of the molecule is CCC(C)(C)C(=O)C(=O)N1CCCC1c1nnc(S)[nH]1. The highest BCUT2D eigenvalue weighted by Crippen LogP contribution is 2.32. The van der Waals surface area contributed by atoms with E-state index in [0.29, 0.717) is 23.9 Å². The number of carbonyl (C=O) groups excluding carboxylic acids is 2. The molecule has 1 fully saturated rings. The second-order valence-electron chi connectivity index (χ2n) is 5.76. The van der Waals surface area contributed by atoms with Gasteiger partial charge in [-0.2, -0.15) is 0 Å². The van der Waals surface area contributed by atoms with E-state index in [-0.39, 0.29) is 11.8 Å². The molecule has 1 unspecified atom stereocenters. The summed E-state index contributed by atoms with van der Waals surface area (Å²) in [6.07, 6.45) is 2.28. The molecule has 2 rings (SSSR count). The van der Waals surface area contributed by atoms with E-state index in [1.807, 2.05) is 6.92 Å². The number of rotatable bonds is 4. The molecule has 2 heterocycles. The fourth-order valence-electron chi connectivity index (χ4n) is 2.29. The van der Waals surface area contributed by atoms with Gasteiger partial charge in [0, 0.05) is 12.0 Å². The summed E-state index contributed by atoms with van der Waals surface area (Å²) < 4.78 is 0. The van der Waals surface area contributed by atoms with Gasteiger partial charge in [-0.15, -0.1) is 22.8 Å². The summed E-state index contributed by atoms with van der Waals surface area (Å²) in [6, 6.07) is -0.201. The average Bonchev–Trinajstić information content (AvgIpc) is 3.05. The smallest absolute Gasteiger partial charge is 0.291 e. The normalized spacial score (nSPS) is 19.4. The Kier molecular flexibility index (Phi) is 4.17. The van der Waals surface area contributed by atoms with Gasteiger partial charge in [-0.25, -0.2) is 0 Å². The van der Waals surface area contributed by atoms with Crippen LogP contribution in [-0.2, 0) is 9.59 Å². The van der Waals surface area contributed by atoms with Crippen LogP contribution in [0.15, 0.2) is 5.16 Å². The third-order valence-corrected chi connectivity index (χ3v) is 4.22. The van der Waals surface area contributed by atoms with Gasteiger partial charge in [0.2, 0.25) is 5.78 Å². The first-order chi connectivity index (χ1) is 9.36. The van der Waals surface area contributed by atoms with Gasteiger partial charge in [-0.3, -0.25) is 9.59 Å². The van der Waals surface area contributed by atoms with E-state index in [4.69, 9.17) is 0 Å². The van der Waals surface area contributed by atoms with Crippen LogP contribution in [-0.4, -0.2) is 38.3 Å². The maximum atomic E-state index is 12.4. The van der Waals surface area contributed by atoms with Crippen LogP contribution in [0.3, 0.4) is 0 Å². The van der Waals surface area contributed by atoms with Crippen molar-refractivity contribution in [2.24, 2.45) is 5.41 Å². The molecule has 7 heteroatoms. The Morgan fingerprint density at radius 3 is 2.70 bits per heavy atom. The van der Waals surface area contributed by atoms with E-state index in [1.165, 1.54) is 0 Å². The van der Waals surface area contributed by atoms with Crippen molar-refractivity contribution in [3.05, 3.63) is 5.82 Å². The summed E-state index contributed by atoms with van der Waals surface area (Å²) in [7, 11) is 0. The number of carbonyl (C=O) groups is 2. The molecule has 1 aromatic rings. The Hall–Kier alpha value is -1.37. The Balaban J connectivity index is 2.19. The minimum absolute atomic E-state index is 0.201. The quantitative estimate of drug-likeness (QED) is 0.655. The number of H-pyrrole nitrogens is 1. The molecular weight excluding hydrogens is 276 g/mol. The average molecular weight is 296 g/mol. The molecular formula is C13H20N4O2S. The lowest BCUT2D eigenvalue weighted by atomic mass is 9.84. The van der Waals surface area contributed by atoms with Crippen molar-refractivity contribution in [1.82, 2.24) is 20.1 Å². The molecule has 0 aromatic carbocycles. The van der Waals surface area contributed by atoms with Crippen LogP contribution < -0.4 is 0 Å². The van der Waals surface area contributed by atoms with Crippen LogP contribution in [0.25, 0.3) is 0 Å². The summed E-state index contributed by atoms with van der Waals surface area (Å²) in [5.41, 5.74) is -0.625. The van der Waals surface area contributed by atoms with Gasteiger partial charge < -0.3 is 9.88 Å². The van der Waals surface area contributed by atoms with Gasteiger partial charge in [0.15, 0.2) is 11.0 Å². The fourth-order valence-corrected chi connectivity index (χ4v) is 2.45. The molecule has 0 radical (unpaired) electrons. The Bertz CT molecular complexity index is 526. The third-order valence-electron chi connectivity index (χ3n) is 4.01. The van der Waals surface area contributed by atoms with Crippen LogP contribution in [0.2, 0.25) is 0 Å². The van der Waals surface area contributed by atoms with Crippen molar-refractivity contribution < 1.29 is 9.59 Å². The number of nitrogens with one attached hydrogen (secondary N) is 1. The molecule has 20 heavy (non-hydrogen) atoms. The molecule has 110 valence electrons. The first-order valence-corrected chi connectivity index (χ1v) is 7.28. The van der Waals surface area contributed by atoms with E-state index in [1.54, 1.807) is 18.7 Å². The first-order valence-electron chi connectivity index (χ1n) is 6.83. The maximum Gasteiger partial charge on any atom is 0.291 e. The van der Waals surface area contributed by atoms with Crippen molar-refractivity contribution in [1.29, 1.82) is 0 Å². The molecule has 1 saturated heterocycles. The fraction of sp³-hybridized carbons (Fsp3) is 0.692. The molecule has 0 bridgehead atoms. The van der Waals surface area contributed by atoms with Crippen molar-refractivity contribution in [3.63, 3.8) is 0 Å². The lowest BCUT2D eigenvalue weighted by molar-refractivity contribution is -0.150. The second kappa shape index (κ2) is 5.55. The summed E-state index contributed by atoms with van der Waals surface area (Å²) >= 11 is 4.08. The summed E-state index contributed by atoms with van der Waals surface area (Å²) in [5, 5.41) is 8.20. The lowest BCUT2D eigenvalue weighted by Crippen LogP contribution is -2.42. The van der Waals surface area contributed by atoms with Gasteiger partial charge in [0.1, 0.15) is 0 Å². The van der Waals surface area contributed by atoms with Gasteiger partial charge in [-0.1, -0.05) is 20.8 Å². The van der Waals surface area contributed by atoms with Gasteiger partial charge in [0.05, 0.1) is 6.04 Å². The Morgan fingerprint density at radius 1 is 1.45 bits per heavy atom. The zero-order chi connectivity index (χ0) is 14.9. The predicted molar refractivity (Wildman–Crippen MR) is 76.4 cm³/mol. The van der Waals surface area contributed by atoms with E-state index in [2.05, 4.69) is 27.8 Å². The number of nitrogens with zero attached hydrogens (tertiary/aromatic N) is 3. The molecule has 0 spiro atoms. The number of Topliss-reactive ketones (excluding diaryl/α,β-unsaturated/α-hetero) is 1. The van der Waals surface area contributed by atoms with Crippen LogP contribution in [0.1, 0.15) is 51.9 Å². The molecule has 0 aliphatic carbocycles. The van der Waals surface area contributed by atoms with Gasteiger partial charge >= 0.3 is 0 Å². The lowest BCUT2D eigenvalue weighted by Gasteiger charge is -2.27. The zero-order valence-electron chi connectivity index (χ0n) is 12.0.